The van der Waals surface area contributed by atoms with Crippen LogP contribution >= 0.6 is 0 Å². The molecule has 0 bridgehead atoms. The van der Waals surface area contributed by atoms with Gasteiger partial charge in [0.25, 0.3) is 0 Å². The van der Waals surface area contributed by atoms with Crippen molar-refractivity contribution in [1.29, 1.82) is 0 Å². The summed E-state index contributed by atoms with van der Waals surface area (Å²) in [4.78, 5) is 2.49. The second-order valence-electron chi connectivity index (χ2n) is 4.32. The van der Waals surface area contributed by atoms with Gasteiger partial charge >= 0.3 is 0 Å². The Balaban J connectivity index is 2.35. The Hall–Kier alpha value is -0.770. The summed E-state index contributed by atoms with van der Waals surface area (Å²) in [6.45, 7) is 4.33. The molecule has 1 unspecified atom stereocenters. The fourth-order valence-electron chi connectivity index (χ4n) is 2.32. The molecule has 0 aliphatic carbocycles. The first kappa shape index (κ1) is 12.3. The normalized spacial score (nSPS) is 24.3. The fraction of sp³-hybridized carbons (Fsp3) is 0.909. The Morgan fingerprint density at radius 3 is 3.00 bits per heavy atom. The second-order valence-corrected chi connectivity index (χ2v) is 4.32. The van der Waals surface area contributed by atoms with Crippen LogP contribution in [0.3, 0.4) is 0 Å². The summed E-state index contributed by atoms with van der Waals surface area (Å²) in [6, 6.07) is 0.718. The van der Waals surface area contributed by atoms with Crippen LogP contribution in [-0.4, -0.2) is 35.1 Å². The van der Waals surface area contributed by atoms with E-state index in [1.54, 1.807) is 0 Å². The molecule has 1 atom stereocenters. The third-order valence-corrected chi connectivity index (χ3v) is 3.15. The van der Waals surface area contributed by atoms with Crippen molar-refractivity contribution >= 4 is 5.84 Å². The summed E-state index contributed by atoms with van der Waals surface area (Å²) < 4.78 is 0. The second kappa shape index (κ2) is 6.67. The standard InChI is InChI=1S/C11H23N3O/c1-2-5-10-6-3-4-8-14(10)9-7-11(12)13-15/h10,15H,2-9H2,1H3,(H2,12,13). The van der Waals surface area contributed by atoms with Crippen LogP contribution in [0.2, 0.25) is 0 Å². The van der Waals surface area contributed by atoms with E-state index < -0.39 is 0 Å². The predicted molar refractivity (Wildman–Crippen MR) is 62.1 cm³/mol. The number of likely N-dealkylation sites (tertiary alicyclic amines) is 1. The third kappa shape index (κ3) is 4.08. The largest absolute Gasteiger partial charge is 0.409 e. The van der Waals surface area contributed by atoms with Crippen molar-refractivity contribution in [2.45, 2.75) is 51.5 Å². The van der Waals surface area contributed by atoms with Crippen molar-refractivity contribution in [2.75, 3.05) is 13.1 Å². The highest BCUT2D eigenvalue weighted by atomic mass is 16.4. The molecule has 1 saturated heterocycles. The summed E-state index contributed by atoms with van der Waals surface area (Å²) in [7, 11) is 0. The van der Waals surface area contributed by atoms with Crippen LogP contribution in [0, 0.1) is 0 Å². The van der Waals surface area contributed by atoms with E-state index in [0.29, 0.717) is 12.3 Å². The lowest BCUT2D eigenvalue weighted by Gasteiger charge is -2.35. The zero-order valence-corrected chi connectivity index (χ0v) is 9.65. The van der Waals surface area contributed by atoms with E-state index in [2.05, 4.69) is 17.0 Å². The van der Waals surface area contributed by atoms with Gasteiger partial charge < -0.3 is 10.9 Å². The molecule has 1 aliphatic rings. The first-order valence-corrected chi connectivity index (χ1v) is 5.98. The molecule has 0 aromatic rings. The molecule has 88 valence electrons. The lowest BCUT2D eigenvalue weighted by Crippen LogP contribution is -2.41. The number of nitrogens with two attached hydrogens (primary N) is 1. The first-order chi connectivity index (χ1) is 7.27. The molecule has 0 radical (unpaired) electrons. The fourth-order valence-corrected chi connectivity index (χ4v) is 2.32. The molecule has 1 rings (SSSR count). The van der Waals surface area contributed by atoms with Crippen LogP contribution in [0.25, 0.3) is 0 Å². The highest BCUT2D eigenvalue weighted by molar-refractivity contribution is 5.79. The van der Waals surface area contributed by atoms with E-state index in [0.717, 1.165) is 12.6 Å². The van der Waals surface area contributed by atoms with E-state index in [1.165, 1.54) is 38.6 Å². The summed E-state index contributed by atoms with van der Waals surface area (Å²) in [5.74, 6) is 0.343. The average molecular weight is 213 g/mol. The number of amidine groups is 1. The molecule has 0 aromatic carbocycles. The molecule has 4 heteroatoms. The molecule has 0 spiro atoms. The van der Waals surface area contributed by atoms with Gasteiger partial charge in [-0.25, -0.2) is 0 Å². The van der Waals surface area contributed by atoms with Crippen molar-refractivity contribution in [3.05, 3.63) is 0 Å². The van der Waals surface area contributed by atoms with Gasteiger partial charge in [-0.15, -0.1) is 0 Å². The van der Waals surface area contributed by atoms with Crippen molar-refractivity contribution in [3.63, 3.8) is 0 Å². The molecule has 15 heavy (non-hydrogen) atoms. The maximum atomic E-state index is 8.48. The Bertz CT molecular complexity index is 204. The number of hydrogen-bond donors (Lipinski definition) is 2. The molecular formula is C11H23N3O. The highest BCUT2D eigenvalue weighted by Gasteiger charge is 2.21. The maximum absolute atomic E-state index is 8.48. The zero-order chi connectivity index (χ0) is 11.1. The van der Waals surface area contributed by atoms with E-state index in [4.69, 9.17) is 10.9 Å². The average Bonchev–Trinajstić information content (AvgIpc) is 2.28. The van der Waals surface area contributed by atoms with Crippen LogP contribution in [-0.2, 0) is 0 Å². The molecule has 3 N–H and O–H groups in total. The van der Waals surface area contributed by atoms with Crippen LogP contribution in [0.1, 0.15) is 45.4 Å². The van der Waals surface area contributed by atoms with Gasteiger partial charge in [-0.3, -0.25) is 4.90 Å². The zero-order valence-electron chi connectivity index (χ0n) is 9.65. The minimum atomic E-state index is 0.343. The summed E-state index contributed by atoms with van der Waals surface area (Å²) in [5, 5.41) is 11.5. The Labute approximate surface area is 92.1 Å². The first-order valence-electron chi connectivity index (χ1n) is 5.98. The monoisotopic (exact) mass is 213 g/mol. The number of nitrogens with zero attached hydrogens (tertiary/aromatic N) is 2. The van der Waals surface area contributed by atoms with Crippen LogP contribution in [0.4, 0.5) is 0 Å². The molecular weight excluding hydrogens is 190 g/mol. The number of rotatable bonds is 5. The van der Waals surface area contributed by atoms with Crippen molar-refractivity contribution in [3.8, 4) is 0 Å². The molecule has 0 saturated carbocycles. The van der Waals surface area contributed by atoms with Gasteiger partial charge in [0.1, 0.15) is 5.84 Å². The SMILES string of the molecule is CCCC1CCCCN1CCC(N)=NO. The Morgan fingerprint density at radius 2 is 2.33 bits per heavy atom. The van der Waals surface area contributed by atoms with Gasteiger partial charge in [0.2, 0.25) is 0 Å². The molecule has 1 fully saturated rings. The van der Waals surface area contributed by atoms with Crippen LogP contribution < -0.4 is 5.73 Å². The van der Waals surface area contributed by atoms with Crippen molar-refractivity contribution in [1.82, 2.24) is 4.90 Å². The van der Waals surface area contributed by atoms with Crippen LogP contribution in [0.15, 0.2) is 5.16 Å². The van der Waals surface area contributed by atoms with Crippen molar-refractivity contribution < 1.29 is 5.21 Å². The van der Waals surface area contributed by atoms with E-state index >= 15 is 0 Å². The van der Waals surface area contributed by atoms with Gasteiger partial charge in [-0.05, 0) is 25.8 Å². The van der Waals surface area contributed by atoms with Gasteiger partial charge in [0, 0.05) is 19.0 Å². The molecule has 4 nitrogen and oxygen atoms in total. The molecule has 0 aromatic heterocycles. The molecule has 1 aliphatic heterocycles. The van der Waals surface area contributed by atoms with Gasteiger partial charge in [0.05, 0.1) is 0 Å². The summed E-state index contributed by atoms with van der Waals surface area (Å²) in [6.07, 6.45) is 7.14. The summed E-state index contributed by atoms with van der Waals surface area (Å²) >= 11 is 0. The Kier molecular flexibility index (Phi) is 5.47. The predicted octanol–water partition coefficient (Wildman–Crippen LogP) is 1.78. The number of piperidine rings is 1. The maximum Gasteiger partial charge on any atom is 0.140 e. The lowest BCUT2D eigenvalue weighted by molar-refractivity contribution is 0.143. The summed E-state index contributed by atoms with van der Waals surface area (Å²) in [5.41, 5.74) is 5.48. The van der Waals surface area contributed by atoms with Crippen molar-refractivity contribution in [2.24, 2.45) is 10.9 Å². The molecule has 1 heterocycles. The number of hydrogen-bond acceptors (Lipinski definition) is 3. The van der Waals surface area contributed by atoms with E-state index in [-0.39, 0.29) is 0 Å². The van der Waals surface area contributed by atoms with Crippen LogP contribution in [0.5, 0.6) is 0 Å². The van der Waals surface area contributed by atoms with Gasteiger partial charge in [-0.1, -0.05) is 24.9 Å². The Morgan fingerprint density at radius 1 is 1.53 bits per heavy atom. The third-order valence-electron chi connectivity index (χ3n) is 3.15. The molecule has 0 amide bonds. The minimum absolute atomic E-state index is 0.343. The quantitative estimate of drug-likeness (QED) is 0.317. The smallest absolute Gasteiger partial charge is 0.140 e. The highest BCUT2D eigenvalue weighted by Crippen LogP contribution is 2.20. The van der Waals surface area contributed by atoms with E-state index in [1.807, 2.05) is 0 Å². The topological polar surface area (TPSA) is 61.8 Å². The number of oxime groups is 1. The minimum Gasteiger partial charge on any atom is -0.409 e. The lowest BCUT2D eigenvalue weighted by atomic mass is 9.98. The van der Waals surface area contributed by atoms with Gasteiger partial charge in [-0.2, -0.15) is 0 Å². The van der Waals surface area contributed by atoms with E-state index in [9.17, 15) is 0 Å². The van der Waals surface area contributed by atoms with Gasteiger partial charge in [0.15, 0.2) is 0 Å².